The van der Waals surface area contributed by atoms with Crippen LogP contribution in [-0.4, -0.2) is 72.2 Å². The lowest BCUT2D eigenvalue weighted by atomic mass is 9.83. The summed E-state index contributed by atoms with van der Waals surface area (Å²) in [5, 5.41) is 6.71. The molecular formula is C28H43ClN4O3. The Morgan fingerprint density at radius 2 is 1.78 bits per heavy atom. The van der Waals surface area contributed by atoms with Crippen LogP contribution < -0.4 is 10.6 Å². The van der Waals surface area contributed by atoms with Gasteiger partial charge in [0.25, 0.3) is 0 Å². The first-order valence-corrected chi connectivity index (χ1v) is 13.7. The molecule has 0 radical (unpaired) electrons. The van der Waals surface area contributed by atoms with Gasteiger partial charge in [0.05, 0.1) is 11.6 Å². The largest absolute Gasteiger partial charge is 0.381 e. The molecular weight excluding hydrogens is 476 g/mol. The zero-order chi connectivity index (χ0) is 24.4. The van der Waals surface area contributed by atoms with Gasteiger partial charge in [-0.2, -0.15) is 0 Å². The van der Waals surface area contributed by atoms with Gasteiger partial charge >= 0.3 is 6.03 Å². The molecule has 3 amide bonds. The standard InChI is InChI=1S/C28H42N4O3.ClH/c1-20(2)26(33)29-25(22-6-4-3-5-7-22)10-13-32-23-8-9-24(32)17-28(16-23)19-31(27(34)30-28)18-21-11-14-35-15-12-21;/h3-7,20-21,23-25H,8-19H2,1-2H3,(H,29,33)(H,30,34);1H/t23?,24?,25-,28?;/m0./s1. The van der Waals surface area contributed by atoms with Gasteiger partial charge in [-0.1, -0.05) is 44.2 Å². The number of hydrogen-bond acceptors (Lipinski definition) is 4. The molecule has 4 aliphatic rings. The Hall–Kier alpha value is -1.83. The van der Waals surface area contributed by atoms with E-state index in [1.165, 1.54) is 18.4 Å². The number of fused-ring (bicyclic) bond motifs is 2. The second kappa shape index (κ2) is 11.7. The van der Waals surface area contributed by atoms with Crippen LogP contribution in [0.2, 0.25) is 0 Å². The van der Waals surface area contributed by atoms with Crippen molar-refractivity contribution in [3.8, 4) is 0 Å². The normalized spacial score (nSPS) is 29.3. The van der Waals surface area contributed by atoms with Crippen LogP contribution >= 0.6 is 12.4 Å². The fraction of sp³-hybridized carbons (Fsp3) is 0.714. The molecule has 4 saturated heterocycles. The van der Waals surface area contributed by atoms with Gasteiger partial charge in [0.1, 0.15) is 0 Å². The predicted octanol–water partition coefficient (Wildman–Crippen LogP) is 4.13. The van der Waals surface area contributed by atoms with Crippen LogP contribution in [0, 0.1) is 11.8 Å². The van der Waals surface area contributed by atoms with Crippen molar-refractivity contribution in [2.24, 2.45) is 11.8 Å². The third-order valence-corrected chi connectivity index (χ3v) is 8.71. The van der Waals surface area contributed by atoms with E-state index in [0.717, 1.165) is 65.0 Å². The van der Waals surface area contributed by atoms with Gasteiger partial charge in [-0.3, -0.25) is 9.69 Å². The molecule has 1 aromatic carbocycles. The van der Waals surface area contributed by atoms with Crippen molar-refractivity contribution in [1.29, 1.82) is 0 Å². The van der Waals surface area contributed by atoms with E-state index in [9.17, 15) is 9.59 Å². The summed E-state index contributed by atoms with van der Waals surface area (Å²) in [7, 11) is 0. The summed E-state index contributed by atoms with van der Waals surface area (Å²) in [4.78, 5) is 30.2. The number of carbonyl (C=O) groups excluding carboxylic acids is 2. The Kier molecular flexibility index (Phi) is 8.84. The van der Waals surface area contributed by atoms with Crippen molar-refractivity contribution < 1.29 is 14.3 Å². The van der Waals surface area contributed by atoms with Crippen molar-refractivity contribution in [3.05, 3.63) is 35.9 Å². The third-order valence-electron chi connectivity index (χ3n) is 8.71. The fourth-order valence-corrected chi connectivity index (χ4v) is 6.83. The van der Waals surface area contributed by atoms with Crippen LogP contribution in [-0.2, 0) is 9.53 Å². The van der Waals surface area contributed by atoms with Gasteiger partial charge in [-0.15, -0.1) is 12.4 Å². The number of piperidine rings is 1. The number of carbonyl (C=O) groups is 2. The molecule has 4 fully saturated rings. The van der Waals surface area contributed by atoms with Crippen LogP contribution in [0.15, 0.2) is 30.3 Å². The molecule has 0 saturated carbocycles. The first kappa shape index (κ1) is 27.2. The summed E-state index contributed by atoms with van der Waals surface area (Å²) in [6.45, 7) is 8.23. The zero-order valence-corrected chi connectivity index (χ0v) is 22.6. The zero-order valence-electron chi connectivity index (χ0n) is 21.8. The van der Waals surface area contributed by atoms with Crippen molar-refractivity contribution in [2.45, 2.75) is 82.5 Å². The highest BCUT2D eigenvalue weighted by atomic mass is 35.5. The van der Waals surface area contributed by atoms with E-state index in [0.29, 0.717) is 18.0 Å². The van der Waals surface area contributed by atoms with Gasteiger partial charge in [0, 0.05) is 50.8 Å². The van der Waals surface area contributed by atoms with Crippen LogP contribution in [0.3, 0.4) is 0 Å². The number of benzene rings is 1. The van der Waals surface area contributed by atoms with Crippen LogP contribution in [0.25, 0.3) is 0 Å². The van der Waals surface area contributed by atoms with Gasteiger partial charge in [0.2, 0.25) is 5.91 Å². The molecule has 1 aromatic rings. The number of nitrogens with one attached hydrogen (secondary N) is 2. The molecule has 5 rings (SSSR count). The second-order valence-corrected chi connectivity index (χ2v) is 11.6. The maximum absolute atomic E-state index is 12.9. The van der Waals surface area contributed by atoms with Crippen molar-refractivity contribution >= 4 is 24.3 Å². The summed E-state index contributed by atoms with van der Waals surface area (Å²) in [5.41, 5.74) is 1.10. The molecule has 36 heavy (non-hydrogen) atoms. The minimum Gasteiger partial charge on any atom is -0.381 e. The molecule has 3 atom stereocenters. The lowest BCUT2D eigenvalue weighted by Crippen LogP contribution is -2.57. The van der Waals surface area contributed by atoms with Crippen molar-refractivity contribution in [2.75, 3.05) is 32.8 Å². The first-order valence-electron chi connectivity index (χ1n) is 13.7. The quantitative estimate of drug-likeness (QED) is 0.542. The van der Waals surface area contributed by atoms with Gasteiger partial charge in [-0.25, -0.2) is 4.79 Å². The van der Waals surface area contributed by atoms with E-state index >= 15 is 0 Å². The Morgan fingerprint density at radius 3 is 2.42 bits per heavy atom. The number of rotatable bonds is 8. The number of urea groups is 1. The number of halogens is 1. The lowest BCUT2D eigenvalue weighted by molar-refractivity contribution is -0.124. The minimum absolute atomic E-state index is 0. The number of nitrogens with zero attached hydrogens (tertiary/aromatic N) is 2. The average Bonchev–Trinajstić information content (AvgIpc) is 3.29. The van der Waals surface area contributed by atoms with E-state index in [-0.39, 0.29) is 41.8 Å². The van der Waals surface area contributed by atoms with Crippen LogP contribution in [0.5, 0.6) is 0 Å². The molecule has 0 aliphatic carbocycles. The van der Waals surface area contributed by atoms with Crippen LogP contribution in [0.1, 0.15) is 70.4 Å². The van der Waals surface area contributed by atoms with E-state index in [1.807, 2.05) is 32.0 Å². The summed E-state index contributed by atoms with van der Waals surface area (Å²) < 4.78 is 5.50. The van der Waals surface area contributed by atoms with Gasteiger partial charge < -0.3 is 20.3 Å². The van der Waals surface area contributed by atoms with E-state index in [1.54, 1.807) is 0 Å². The molecule has 7 nitrogen and oxygen atoms in total. The van der Waals surface area contributed by atoms with Gasteiger partial charge in [0.15, 0.2) is 0 Å². The van der Waals surface area contributed by atoms with Crippen molar-refractivity contribution in [3.63, 3.8) is 0 Å². The third kappa shape index (κ3) is 6.00. The molecule has 4 aliphatic heterocycles. The summed E-state index contributed by atoms with van der Waals surface area (Å²) >= 11 is 0. The Bertz CT molecular complexity index is 878. The molecule has 2 unspecified atom stereocenters. The second-order valence-electron chi connectivity index (χ2n) is 11.6. The molecule has 1 spiro atoms. The maximum atomic E-state index is 12.9. The van der Waals surface area contributed by atoms with Crippen molar-refractivity contribution in [1.82, 2.24) is 20.4 Å². The van der Waals surface area contributed by atoms with E-state index < -0.39 is 0 Å². The highest BCUT2D eigenvalue weighted by molar-refractivity contribution is 5.85. The smallest absolute Gasteiger partial charge is 0.317 e. The minimum atomic E-state index is -0.0741. The van der Waals surface area contributed by atoms with Crippen LogP contribution in [0.4, 0.5) is 4.79 Å². The lowest BCUT2D eigenvalue weighted by Gasteiger charge is -2.45. The van der Waals surface area contributed by atoms with E-state index in [2.05, 4.69) is 32.6 Å². The first-order chi connectivity index (χ1) is 16.9. The SMILES string of the molecule is CC(C)C(=O)N[C@@H](CCN1C2CCC1CC1(C2)CN(CC2CCOCC2)C(=O)N1)c1ccccc1.Cl. The monoisotopic (exact) mass is 518 g/mol. The molecule has 0 aromatic heterocycles. The summed E-state index contributed by atoms with van der Waals surface area (Å²) in [6.07, 6.45) is 7.51. The fourth-order valence-electron chi connectivity index (χ4n) is 6.83. The number of amides is 3. The highest BCUT2D eigenvalue weighted by Gasteiger charge is 2.53. The molecule has 2 N–H and O–H groups in total. The van der Waals surface area contributed by atoms with Gasteiger partial charge in [-0.05, 0) is 56.4 Å². The average molecular weight is 519 g/mol. The summed E-state index contributed by atoms with van der Waals surface area (Å²) in [5.74, 6) is 0.650. The summed E-state index contributed by atoms with van der Waals surface area (Å²) in [6, 6.07) is 11.5. The number of ether oxygens (including phenoxy) is 1. The Balaban J connectivity index is 0.00000304. The Morgan fingerprint density at radius 1 is 1.11 bits per heavy atom. The molecule has 200 valence electrons. The Labute approximate surface area is 222 Å². The van der Waals surface area contributed by atoms with E-state index in [4.69, 9.17) is 4.74 Å². The number of hydrogen-bond donors (Lipinski definition) is 2. The molecule has 4 heterocycles. The topological polar surface area (TPSA) is 73.9 Å². The predicted molar refractivity (Wildman–Crippen MR) is 143 cm³/mol. The maximum Gasteiger partial charge on any atom is 0.317 e. The molecule has 8 heteroatoms. The highest BCUT2D eigenvalue weighted by Crippen LogP contribution is 2.43. The molecule has 2 bridgehead atoms.